The molecule has 2 N–H and O–H groups in total. The maximum atomic E-state index is 6.26. The van der Waals surface area contributed by atoms with Crippen molar-refractivity contribution in [3.05, 3.63) is 57.3 Å². The third-order valence-corrected chi connectivity index (χ3v) is 4.12. The van der Waals surface area contributed by atoms with Gasteiger partial charge in [0, 0.05) is 40.4 Å². The summed E-state index contributed by atoms with van der Waals surface area (Å²) in [4.78, 5) is 0. The standard InChI is InChI=1S/C15H18BrClN2/c1-2-13(18)9-14-4-3-7-19(14)10-11-5-6-12(16)8-15(11)17/h3-8,13H,2,9-10,18H2,1H3. The molecule has 0 spiro atoms. The maximum Gasteiger partial charge on any atom is 0.0487 e. The van der Waals surface area contributed by atoms with E-state index in [0.29, 0.717) is 0 Å². The molecule has 1 aromatic heterocycles. The second-order valence-corrected chi connectivity index (χ2v) is 6.06. The van der Waals surface area contributed by atoms with Gasteiger partial charge in [-0.2, -0.15) is 0 Å². The van der Waals surface area contributed by atoms with Crippen LogP contribution in [0.25, 0.3) is 0 Å². The van der Waals surface area contributed by atoms with Crippen molar-refractivity contribution in [3.8, 4) is 0 Å². The molecule has 0 saturated carbocycles. The molecule has 0 bridgehead atoms. The lowest BCUT2D eigenvalue weighted by atomic mass is 10.1. The summed E-state index contributed by atoms with van der Waals surface area (Å²) in [7, 11) is 0. The summed E-state index contributed by atoms with van der Waals surface area (Å²) >= 11 is 9.69. The summed E-state index contributed by atoms with van der Waals surface area (Å²) in [5.41, 5.74) is 8.41. The van der Waals surface area contributed by atoms with Gasteiger partial charge in [-0.3, -0.25) is 0 Å². The SMILES string of the molecule is CCC(N)Cc1cccn1Cc1ccc(Br)cc1Cl. The first-order valence-electron chi connectivity index (χ1n) is 6.43. The quantitative estimate of drug-likeness (QED) is 0.866. The average molecular weight is 342 g/mol. The molecule has 2 nitrogen and oxygen atoms in total. The first-order valence-corrected chi connectivity index (χ1v) is 7.60. The highest BCUT2D eigenvalue weighted by atomic mass is 79.9. The van der Waals surface area contributed by atoms with Gasteiger partial charge in [-0.25, -0.2) is 0 Å². The Bertz CT molecular complexity index is 551. The Labute approximate surface area is 127 Å². The predicted octanol–water partition coefficient (Wildman–Crippen LogP) is 4.23. The van der Waals surface area contributed by atoms with Crippen molar-refractivity contribution in [1.82, 2.24) is 4.57 Å². The van der Waals surface area contributed by atoms with Gasteiger partial charge >= 0.3 is 0 Å². The largest absolute Gasteiger partial charge is 0.347 e. The van der Waals surface area contributed by atoms with E-state index >= 15 is 0 Å². The minimum Gasteiger partial charge on any atom is -0.347 e. The molecule has 0 amide bonds. The molecule has 2 aromatic rings. The maximum absolute atomic E-state index is 6.26. The van der Waals surface area contributed by atoms with Gasteiger partial charge in [-0.1, -0.05) is 40.5 Å². The number of aromatic nitrogens is 1. The zero-order valence-electron chi connectivity index (χ0n) is 10.9. The van der Waals surface area contributed by atoms with Gasteiger partial charge in [0.1, 0.15) is 0 Å². The lowest BCUT2D eigenvalue weighted by Crippen LogP contribution is -2.23. The molecule has 4 heteroatoms. The smallest absolute Gasteiger partial charge is 0.0487 e. The summed E-state index contributed by atoms with van der Waals surface area (Å²) in [6.07, 6.45) is 3.97. The van der Waals surface area contributed by atoms with Crippen LogP contribution < -0.4 is 5.73 Å². The van der Waals surface area contributed by atoms with Crippen molar-refractivity contribution in [2.24, 2.45) is 5.73 Å². The second kappa shape index (κ2) is 6.60. The van der Waals surface area contributed by atoms with Gasteiger partial charge in [0.25, 0.3) is 0 Å². The number of hydrogen-bond acceptors (Lipinski definition) is 1. The molecular formula is C15H18BrClN2. The van der Waals surface area contributed by atoms with Gasteiger partial charge in [-0.05, 0) is 36.2 Å². The van der Waals surface area contributed by atoms with Crippen LogP contribution in [0.2, 0.25) is 5.02 Å². The van der Waals surface area contributed by atoms with Crippen LogP contribution >= 0.6 is 27.5 Å². The Morgan fingerprint density at radius 3 is 2.84 bits per heavy atom. The molecule has 2 rings (SSSR count). The molecule has 1 heterocycles. The van der Waals surface area contributed by atoms with Gasteiger partial charge in [-0.15, -0.1) is 0 Å². The molecule has 0 fully saturated rings. The summed E-state index contributed by atoms with van der Waals surface area (Å²) in [5.74, 6) is 0. The topological polar surface area (TPSA) is 30.9 Å². The zero-order chi connectivity index (χ0) is 13.8. The zero-order valence-corrected chi connectivity index (χ0v) is 13.3. The van der Waals surface area contributed by atoms with Gasteiger partial charge in [0.05, 0.1) is 0 Å². The fraction of sp³-hybridized carbons (Fsp3) is 0.333. The summed E-state index contributed by atoms with van der Waals surface area (Å²) in [6, 6.07) is 10.4. The fourth-order valence-corrected chi connectivity index (χ4v) is 2.77. The predicted molar refractivity (Wildman–Crippen MR) is 84.7 cm³/mol. The van der Waals surface area contributed by atoms with E-state index in [4.69, 9.17) is 17.3 Å². The van der Waals surface area contributed by atoms with Crippen molar-refractivity contribution in [1.29, 1.82) is 0 Å². The van der Waals surface area contributed by atoms with Crippen LogP contribution in [-0.2, 0) is 13.0 Å². The number of benzene rings is 1. The molecule has 0 aliphatic heterocycles. The number of nitrogens with two attached hydrogens (primary N) is 1. The summed E-state index contributed by atoms with van der Waals surface area (Å²) in [6.45, 7) is 2.90. The normalized spacial score (nSPS) is 12.6. The highest BCUT2D eigenvalue weighted by Crippen LogP contribution is 2.23. The van der Waals surface area contributed by atoms with Crippen LogP contribution in [-0.4, -0.2) is 10.6 Å². The molecular weight excluding hydrogens is 324 g/mol. The van der Waals surface area contributed by atoms with E-state index in [0.717, 1.165) is 34.4 Å². The van der Waals surface area contributed by atoms with Crippen molar-refractivity contribution in [2.45, 2.75) is 32.4 Å². The first kappa shape index (κ1) is 14.6. The van der Waals surface area contributed by atoms with E-state index in [2.05, 4.69) is 51.8 Å². The lowest BCUT2D eigenvalue weighted by Gasteiger charge is -2.13. The van der Waals surface area contributed by atoms with E-state index in [1.165, 1.54) is 5.69 Å². The Kier molecular flexibility index (Phi) is 5.08. The van der Waals surface area contributed by atoms with E-state index in [1.807, 2.05) is 12.1 Å². The molecule has 0 aliphatic carbocycles. The van der Waals surface area contributed by atoms with Crippen LogP contribution in [0.15, 0.2) is 41.0 Å². The van der Waals surface area contributed by atoms with Gasteiger partial charge in [0.15, 0.2) is 0 Å². The van der Waals surface area contributed by atoms with Crippen LogP contribution in [0.1, 0.15) is 24.6 Å². The van der Waals surface area contributed by atoms with Crippen LogP contribution in [0, 0.1) is 0 Å². The van der Waals surface area contributed by atoms with E-state index < -0.39 is 0 Å². The summed E-state index contributed by atoms with van der Waals surface area (Å²) in [5, 5.41) is 0.786. The lowest BCUT2D eigenvalue weighted by molar-refractivity contribution is 0.610. The Morgan fingerprint density at radius 1 is 1.37 bits per heavy atom. The minimum absolute atomic E-state index is 0.217. The number of rotatable bonds is 5. The Morgan fingerprint density at radius 2 is 2.16 bits per heavy atom. The van der Waals surface area contributed by atoms with Crippen LogP contribution in [0.5, 0.6) is 0 Å². The minimum atomic E-state index is 0.217. The molecule has 0 aliphatic rings. The molecule has 19 heavy (non-hydrogen) atoms. The van der Waals surface area contributed by atoms with Crippen molar-refractivity contribution in [3.63, 3.8) is 0 Å². The fourth-order valence-electron chi connectivity index (χ4n) is 2.04. The van der Waals surface area contributed by atoms with E-state index in [9.17, 15) is 0 Å². The number of hydrogen-bond donors (Lipinski definition) is 1. The Balaban J connectivity index is 2.17. The van der Waals surface area contributed by atoms with E-state index in [1.54, 1.807) is 0 Å². The van der Waals surface area contributed by atoms with E-state index in [-0.39, 0.29) is 6.04 Å². The highest BCUT2D eigenvalue weighted by molar-refractivity contribution is 9.10. The second-order valence-electron chi connectivity index (χ2n) is 4.74. The van der Waals surface area contributed by atoms with Crippen molar-refractivity contribution < 1.29 is 0 Å². The average Bonchev–Trinajstić information content (AvgIpc) is 2.80. The molecule has 1 unspecified atom stereocenters. The van der Waals surface area contributed by atoms with Crippen LogP contribution in [0.3, 0.4) is 0 Å². The highest BCUT2D eigenvalue weighted by Gasteiger charge is 2.08. The first-order chi connectivity index (χ1) is 9.10. The molecule has 102 valence electrons. The van der Waals surface area contributed by atoms with Crippen molar-refractivity contribution in [2.75, 3.05) is 0 Å². The molecule has 1 aromatic carbocycles. The Hall–Kier alpha value is -0.770. The third kappa shape index (κ3) is 3.85. The third-order valence-electron chi connectivity index (χ3n) is 3.28. The molecule has 1 atom stereocenters. The monoisotopic (exact) mass is 340 g/mol. The molecule has 0 radical (unpaired) electrons. The number of halogens is 2. The van der Waals surface area contributed by atoms with Crippen molar-refractivity contribution >= 4 is 27.5 Å². The van der Waals surface area contributed by atoms with Gasteiger partial charge < -0.3 is 10.3 Å². The van der Waals surface area contributed by atoms with Crippen LogP contribution in [0.4, 0.5) is 0 Å². The molecule has 0 saturated heterocycles. The summed E-state index contributed by atoms with van der Waals surface area (Å²) < 4.78 is 3.21. The number of nitrogens with zero attached hydrogens (tertiary/aromatic N) is 1. The van der Waals surface area contributed by atoms with Gasteiger partial charge in [0.2, 0.25) is 0 Å².